The fourth-order valence-electron chi connectivity index (χ4n) is 1.43. The van der Waals surface area contributed by atoms with Crippen LogP contribution in [0.2, 0.25) is 0 Å². The maximum absolute atomic E-state index is 11.5. The molecule has 0 heterocycles. The first-order valence-electron chi connectivity index (χ1n) is 5.98. The van der Waals surface area contributed by atoms with Gasteiger partial charge in [-0.1, -0.05) is 27.2 Å². The van der Waals surface area contributed by atoms with Gasteiger partial charge in [0.1, 0.15) is 0 Å². The molecule has 2 atom stereocenters. The van der Waals surface area contributed by atoms with Gasteiger partial charge in [0.25, 0.3) is 0 Å². The van der Waals surface area contributed by atoms with Crippen molar-refractivity contribution in [2.75, 3.05) is 18.1 Å². The number of sulfone groups is 1. The molecule has 102 valence electrons. The number of rotatable bonds is 8. The molecule has 2 N–H and O–H groups in total. The zero-order chi connectivity index (χ0) is 13.5. The third-order valence-corrected chi connectivity index (χ3v) is 4.34. The van der Waals surface area contributed by atoms with E-state index in [2.05, 4.69) is 5.32 Å². The highest BCUT2D eigenvalue weighted by Gasteiger charge is 2.17. The first-order chi connectivity index (χ1) is 7.82. The van der Waals surface area contributed by atoms with Gasteiger partial charge in [-0.2, -0.15) is 0 Å². The highest BCUT2D eigenvalue weighted by molar-refractivity contribution is 7.91. The maximum atomic E-state index is 11.5. The van der Waals surface area contributed by atoms with Gasteiger partial charge in [-0.05, 0) is 6.42 Å². The summed E-state index contributed by atoms with van der Waals surface area (Å²) < 4.78 is 22.4. The Labute approximate surface area is 104 Å². The zero-order valence-corrected chi connectivity index (χ0v) is 11.6. The van der Waals surface area contributed by atoms with Gasteiger partial charge in [-0.15, -0.1) is 0 Å². The summed E-state index contributed by atoms with van der Waals surface area (Å²) in [7, 11) is -3.20. The Bertz CT molecular complexity index is 326. The molecular formula is C11H23NO4S. The number of carbonyl (C=O) groups is 1. The van der Waals surface area contributed by atoms with Crippen molar-refractivity contribution < 1.29 is 18.3 Å². The number of carbonyl (C=O) groups excluding carboxylic acids is 1. The molecule has 0 aromatic heterocycles. The molecule has 2 unspecified atom stereocenters. The summed E-state index contributed by atoms with van der Waals surface area (Å²) in [5.74, 6) is -0.536. The van der Waals surface area contributed by atoms with Crippen LogP contribution in [0.4, 0.5) is 0 Å². The van der Waals surface area contributed by atoms with Crippen molar-refractivity contribution in [1.82, 2.24) is 5.32 Å². The van der Waals surface area contributed by atoms with Crippen molar-refractivity contribution in [3.63, 3.8) is 0 Å². The van der Waals surface area contributed by atoms with Crippen molar-refractivity contribution >= 4 is 15.7 Å². The van der Waals surface area contributed by atoms with E-state index in [1.54, 1.807) is 0 Å². The standard InChI is InChI=1S/C11H23NO4S/c1-4-6-9(3)11(14)12-7-10(13)8-17(15,16)5-2/h9-10,13H,4-8H2,1-3H3,(H,12,14). The van der Waals surface area contributed by atoms with E-state index >= 15 is 0 Å². The molecule has 0 aromatic rings. The zero-order valence-electron chi connectivity index (χ0n) is 10.8. The molecule has 0 radical (unpaired) electrons. The highest BCUT2D eigenvalue weighted by atomic mass is 32.2. The molecule has 1 amide bonds. The number of hydrogen-bond acceptors (Lipinski definition) is 4. The lowest BCUT2D eigenvalue weighted by molar-refractivity contribution is -0.125. The molecule has 0 spiro atoms. The largest absolute Gasteiger partial charge is 0.390 e. The molecule has 0 saturated carbocycles. The second-order valence-corrected chi connectivity index (χ2v) is 6.69. The Morgan fingerprint density at radius 3 is 2.41 bits per heavy atom. The Morgan fingerprint density at radius 2 is 1.94 bits per heavy atom. The van der Waals surface area contributed by atoms with E-state index in [1.165, 1.54) is 6.92 Å². The lowest BCUT2D eigenvalue weighted by atomic mass is 10.1. The number of nitrogens with one attached hydrogen (secondary N) is 1. The van der Waals surface area contributed by atoms with Gasteiger partial charge in [0.05, 0.1) is 11.9 Å². The molecule has 0 fully saturated rings. The minimum atomic E-state index is -3.20. The molecule has 0 aromatic carbocycles. The minimum Gasteiger partial charge on any atom is -0.390 e. The molecule has 0 rings (SSSR count). The Hall–Kier alpha value is -0.620. The first-order valence-corrected chi connectivity index (χ1v) is 7.80. The molecule has 0 saturated heterocycles. The monoisotopic (exact) mass is 265 g/mol. The van der Waals surface area contributed by atoms with Crippen LogP contribution in [0.1, 0.15) is 33.6 Å². The molecular weight excluding hydrogens is 242 g/mol. The van der Waals surface area contributed by atoms with E-state index in [1.807, 2.05) is 13.8 Å². The van der Waals surface area contributed by atoms with Gasteiger partial charge < -0.3 is 10.4 Å². The van der Waals surface area contributed by atoms with Crippen LogP contribution in [-0.4, -0.2) is 43.6 Å². The van der Waals surface area contributed by atoms with E-state index in [9.17, 15) is 18.3 Å². The minimum absolute atomic E-state index is 0.00421. The van der Waals surface area contributed by atoms with Crippen molar-refractivity contribution in [1.29, 1.82) is 0 Å². The van der Waals surface area contributed by atoms with Crippen LogP contribution < -0.4 is 5.32 Å². The van der Waals surface area contributed by atoms with E-state index in [-0.39, 0.29) is 29.9 Å². The quantitative estimate of drug-likeness (QED) is 0.662. The smallest absolute Gasteiger partial charge is 0.222 e. The Morgan fingerprint density at radius 1 is 1.35 bits per heavy atom. The van der Waals surface area contributed by atoms with Crippen LogP contribution in [0.25, 0.3) is 0 Å². The molecule has 17 heavy (non-hydrogen) atoms. The lowest BCUT2D eigenvalue weighted by Gasteiger charge is -2.14. The molecule has 0 aliphatic carbocycles. The van der Waals surface area contributed by atoms with Crippen LogP contribution in [0.5, 0.6) is 0 Å². The van der Waals surface area contributed by atoms with E-state index < -0.39 is 15.9 Å². The SMILES string of the molecule is CCCC(C)C(=O)NCC(O)CS(=O)(=O)CC. The van der Waals surface area contributed by atoms with Crippen LogP contribution >= 0.6 is 0 Å². The van der Waals surface area contributed by atoms with Crippen molar-refractivity contribution in [3.05, 3.63) is 0 Å². The van der Waals surface area contributed by atoms with Gasteiger partial charge in [-0.3, -0.25) is 4.79 Å². The van der Waals surface area contributed by atoms with Gasteiger partial charge in [0.15, 0.2) is 9.84 Å². The summed E-state index contributed by atoms with van der Waals surface area (Å²) in [5, 5.41) is 12.0. The predicted octanol–water partition coefficient (Wildman–Crippen LogP) is 0.334. The van der Waals surface area contributed by atoms with Gasteiger partial charge in [0.2, 0.25) is 5.91 Å². The van der Waals surface area contributed by atoms with Crippen LogP contribution in [-0.2, 0) is 14.6 Å². The normalized spacial score (nSPS) is 15.3. The van der Waals surface area contributed by atoms with Crippen molar-refractivity contribution in [2.45, 2.75) is 39.7 Å². The molecule has 0 bridgehead atoms. The summed E-state index contributed by atoms with van der Waals surface area (Å²) in [5.41, 5.74) is 0. The van der Waals surface area contributed by atoms with E-state index in [0.717, 1.165) is 12.8 Å². The van der Waals surface area contributed by atoms with E-state index in [4.69, 9.17) is 0 Å². The summed E-state index contributed by atoms with van der Waals surface area (Å²) in [6.45, 7) is 5.33. The second-order valence-electron chi connectivity index (χ2n) is 4.29. The second kappa shape index (κ2) is 7.66. The number of aliphatic hydroxyl groups is 1. The van der Waals surface area contributed by atoms with Crippen LogP contribution in [0.15, 0.2) is 0 Å². The summed E-state index contributed by atoms with van der Waals surface area (Å²) in [4.78, 5) is 11.5. The summed E-state index contributed by atoms with van der Waals surface area (Å²) >= 11 is 0. The third-order valence-electron chi connectivity index (χ3n) is 2.57. The third kappa shape index (κ3) is 7.33. The fourth-order valence-corrected chi connectivity index (χ4v) is 2.37. The maximum Gasteiger partial charge on any atom is 0.222 e. The molecule has 0 aliphatic rings. The Balaban J connectivity index is 4.00. The lowest BCUT2D eigenvalue weighted by Crippen LogP contribution is -2.38. The Kier molecular flexibility index (Phi) is 7.38. The van der Waals surface area contributed by atoms with Crippen molar-refractivity contribution in [3.8, 4) is 0 Å². The highest BCUT2D eigenvalue weighted by Crippen LogP contribution is 2.04. The number of amides is 1. The molecule has 0 aliphatic heterocycles. The molecule has 5 nitrogen and oxygen atoms in total. The number of hydrogen-bond donors (Lipinski definition) is 2. The predicted molar refractivity (Wildman–Crippen MR) is 67.4 cm³/mol. The van der Waals surface area contributed by atoms with Gasteiger partial charge in [0, 0.05) is 18.2 Å². The van der Waals surface area contributed by atoms with Gasteiger partial charge >= 0.3 is 0 Å². The average molecular weight is 265 g/mol. The van der Waals surface area contributed by atoms with Crippen LogP contribution in [0, 0.1) is 5.92 Å². The van der Waals surface area contributed by atoms with Crippen molar-refractivity contribution in [2.24, 2.45) is 5.92 Å². The average Bonchev–Trinajstić information content (AvgIpc) is 2.25. The number of aliphatic hydroxyl groups excluding tert-OH is 1. The summed E-state index contributed by atoms with van der Waals surface area (Å²) in [6, 6.07) is 0. The van der Waals surface area contributed by atoms with Crippen LogP contribution in [0.3, 0.4) is 0 Å². The van der Waals surface area contributed by atoms with E-state index in [0.29, 0.717) is 0 Å². The first kappa shape index (κ1) is 16.4. The van der Waals surface area contributed by atoms with Gasteiger partial charge in [-0.25, -0.2) is 8.42 Å². The fraction of sp³-hybridized carbons (Fsp3) is 0.909. The molecule has 6 heteroatoms. The summed E-state index contributed by atoms with van der Waals surface area (Å²) in [6.07, 6.45) is 0.675. The topological polar surface area (TPSA) is 83.5 Å².